The molecule has 1 saturated heterocycles. The number of hydrogen-bond acceptors (Lipinski definition) is 3. The van der Waals surface area contributed by atoms with Crippen molar-refractivity contribution in [2.24, 2.45) is 5.73 Å². The maximum atomic E-state index is 12.6. The predicted octanol–water partition coefficient (Wildman–Crippen LogP) is 1.43. The second-order valence-electron chi connectivity index (χ2n) is 5.57. The van der Waals surface area contributed by atoms with Gasteiger partial charge in [0.2, 0.25) is 5.91 Å². The normalized spacial score (nSPS) is 19.4. The number of rotatable bonds is 3. The molecule has 2 rings (SSSR count). The number of nitrogens with zero attached hydrogens (tertiary/aromatic N) is 1. The number of carbonyl (C=O) groups is 1. The van der Waals surface area contributed by atoms with Gasteiger partial charge in [-0.2, -0.15) is 0 Å². The highest BCUT2D eigenvalue weighted by Crippen LogP contribution is 2.25. The average molecular weight is 292 g/mol. The van der Waals surface area contributed by atoms with Gasteiger partial charge in [0.25, 0.3) is 0 Å². The van der Waals surface area contributed by atoms with Gasteiger partial charge in [0.05, 0.1) is 10.6 Å². The van der Waals surface area contributed by atoms with E-state index in [1.54, 1.807) is 11.8 Å². The van der Waals surface area contributed by atoms with Gasteiger partial charge in [-0.15, -0.1) is 0 Å². The first kappa shape index (κ1) is 14.9. The summed E-state index contributed by atoms with van der Waals surface area (Å²) in [6.07, 6.45) is 1.16. The molecule has 0 radical (unpaired) electrons. The van der Waals surface area contributed by atoms with Crippen molar-refractivity contribution in [3.63, 3.8) is 0 Å². The van der Waals surface area contributed by atoms with Gasteiger partial charge in [-0.1, -0.05) is 42.5 Å². The Hall–Kier alpha value is -1.46. The third-order valence-corrected chi connectivity index (χ3v) is 4.05. The van der Waals surface area contributed by atoms with Gasteiger partial charge in [-0.05, 0) is 25.3 Å². The summed E-state index contributed by atoms with van der Waals surface area (Å²) >= 11 is 5.07. The molecular weight excluding hydrogens is 272 g/mol. The van der Waals surface area contributed by atoms with Gasteiger partial charge in [0.15, 0.2) is 0 Å². The third kappa shape index (κ3) is 3.35. The molecule has 108 valence electrons. The molecule has 0 saturated carbocycles. The Morgan fingerprint density at radius 1 is 1.35 bits per heavy atom. The monoisotopic (exact) mass is 292 g/mol. The minimum absolute atomic E-state index is 0.0702. The van der Waals surface area contributed by atoms with Crippen LogP contribution in [0.15, 0.2) is 30.3 Å². The highest BCUT2D eigenvalue weighted by atomic mass is 32.1. The van der Waals surface area contributed by atoms with Crippen LogP contribution in [0.1, 0.15) is 31.2 Å². The molecule has 20 heavy (non-hydrogen) atoms. The zero-order valence-corrected chi connectivity index (χ0v) is 12.4. The maximum absolute atomic E-state index is 12.6. The molecule has 1 aromatic carbocycles. The number of piperidine rings is 1. The van der Waals surface area contributed by atoms with E-state index in [-0.39, 0.29) is 10.9 Å². The van der Waals surface area contributed by atoms with E-state index in [4.69, 9.17) is 18.0 Å². The van der Waals surface area contributed by atoms with Crippen LogP contribution in [0, 0.1) is 0 Å². The number of aliphatic hydroxyl groups is 1. The van der Waals surface area contributed by atoms with Crippen molar-refractivity contribution in [1.82, 2.24) is 4.90 Å². The van der Waals surface area contributed by atoms with E-state index < -0.39 is 11.5 Å². The van der Waals surface area contributed by atoms with Crippen LogP contribution in [0.2, 0.25) is 0 Å². The summed E-state index contributed by atoms with van der Waals surface area (Å²) in [5, 5.41) is 9.95. The van der Waals surface area contributed by atoms with E-state index in [1.807, 2.05) is 30.3 Å². The zero-order valence-electron chi connectivity index (χ0n) is 11.6. The molecule has 1 fully saturated rings. The number of nitrogens with two attached hydrogens (primary N) is 1. The van der Waals surface area contributed by atoms with Gasteiger partial charge in [-0.3, -0.25) is 4.79 Å². The zero-order chi connectivity index (χ0) is 14.8. The number of carbonyl (C=O) groups excluding carboxylic acids is 1. The van der Waals surface area contributed by atoms with Crippen LogP contribution in [0.3, 0.4) is 0 Å². The Morgan fingerprint density at radius 2 is 1.90 bits per heavy atom. The molecule has 1 aliphatic heterocycles. The molecule has 1 unspecified atom stereocenters. The van der Waals surface area contributed by atoms with Crippen molar-refractivity contribution in [3.05, 3.63) is 35.9 Å². The van der Waals surface area contributed by atoms with Crippen molar-refractivity contribution in [2.75, 3.05) is 13.1 Å². The highest BCUT2D eigenvalue weighted by Gasteiger charge is 2.34. The summed E-state index contributed by atoms with van der Waals surface area (Å²) in [4.78, 5) is 14.6. The number of amides is 1. The van der Waals surface area contributed by atoms with Crippen LogP contribution in [0.25, 0.3) is 0 Å². The first-order valence-electron chi connectivity index (χ1n) is 6.76. The van der Waals surface area contributed by atoms with Gasteiger partial charge in [-0.25, -0.2) is 0 Å². The quantitative estimate of drug-likeness (QED) is 0.827. The molecule has 1 aromatic rings. The first-order valence-corrected chi connectivity index (χ1v) is 7.17. The molecule has 3 N–H and O–H groups in total. The van der Waals surface area contributed by atoms with Crippen molar-refractivity contribution in [2.45, 2.75) is 31.3 Å². The summed E-state index contributed by atoms with van der Waals surface area (Å²) in [7, 11) is 0. The lowest BCUT2D eigenvalue weighted by Crippen LogP contribution is -2.48. The van der Waals surface area contributed by atoms with Crippen molar-refractivity contribution >= 4 is 23.1 Å². The van der Waals surface area contributed by atoms with Crippen LogP contribution in [0.4, 0.5) is 0 Å². The van der Waals surface area contributed by atoms with E-state index >= 15 is 0 Å². The molecule has 0 aliphatic carbocycles. The minimum Gasteiger partial charge on any atom is -0.392 e. The van der Waals surface area contributed by atoms with Gasteiger partial charge in [0, 0.05) is 13.1 Å². The van der Waals surface area contributed by atoms with E-state index in [1.165, 1.54) is 0 Å². The molecule has 1 amide bonds. The topological polar surface area (TPSA) is 66.6 Å². The minimum atomic E-state index is -0.678. The molecule has 1 atom stereocenters. The van der Waals surface area contributed by atoms with Crippen LogP contribution >= 0.6 is 12.2 Å². The lowest BCUT2D eigenvalue weighted by molar-refractivity contribution is -0.134. The van der Waals surface area contributed by atoms with Crippen LogP contribution < -0.4 is 5.73 Å². The fourth-order valence-corrected chi connectivity index (χ4v) is 2.70. The summed E-state index contributed by atoms with van der Waals surface area (Å²) in [5.41, 5.74) is 5.91. The first-order chi connectivity index (χ1) is 9.41. The Morgan fingerprint density at radius 3 is 2.40 bits per heavy atom. The summed E-state index contributed by atoms with van der Waals surface area (Å²) in [6.45, 7) is 2.88. The molecular formula is C15H20N2O2S. The number of likely N-dealkylation sites (tertiary alicyclic amines) is 1. The maximum Gasteiger partial charge on any atom is 0.236 e. The van der Waals surface area contributed by atoms with E-state index in [2.05, 4.69) is 0 Å². The summed E-state index contributed by atoms with van der Waals surface area (Å²) in [5.74, 6) is -0.645. The Balaban J connectivity index is 2.15. The fourth-order valence-electron chi connectivity index (χ4n) is 2.47. The Labute approximate surface area is 124 Å². The van der Waals surface area contributed by atoms with Crippen LogP contribution in [-0.2, 0) is 4.79 Å². The highest BCUT2D eigenvalue weighted by molar-refractivity contribution is 7.80. The van der Waals surface area contributed by atoms with Crippen LogP contribution in [-0.4, -0.2) is 39.6 Å². The summed E-state index contributed by atoms with van der Waals surface area (Å²) < 4.78 is 0. The molecule has 0 bridgehead atoms. The molecule has 1 heterocycles. The second kappa shape index (κ2) is 5.89. The Bertz CT molecular complexity index is 492. The van der Waals surface area contributed by atoms with Crippen molar-refractivity contribution < 1.29 is 9.90 Å². The molecule has 0 aromatic heterocycles. The number of thiocarbonyl (C=S) groups is 1. The lowest BCUT2D eigenvalue weighted by atomic mass is 9.91. The van der Waals surface area contributed by atoms with Crippen molar-refractivity contribution in [3.8, 4) is 0 Å². The molecule has 1 aliphatic rings. The van der Waals surface area contributed by atoms with Gasteiger partial charge >= 0.3 is 0 Å². The van der Waals surface area contributed by atoms with E-state index in [0.717, 1.165) is 5.56 Å². The average Bonchev–Trinajstić information content (AvgIpc) is 2.39. The second-order valence-corrected chi connectivity index (χ2v) is 6.04. The van der Waals surface area contributed by atoms with E-state index in [9.17, 15) is 9.90 Å². The molecule has 4 nitrogen and oxygen atoms in total. The van der Waals surface area contributed by atoms with Gasteiger partial charge in [0.1, 0.15) is 5.92 Å². The largest absolute Gasteiger partial charge is 0.392 e. The number of benzene rings is 1. The summed E-state index contributed by atoms with van der Waals surface area (Å²) in [6, 6.07) is 9.36. The molecule has 5 heteroatoms. The number of hydrogen-bond donors (Lipinski definition) is 2. The molecule has 0 spiro atoms. The SMILES string of the molecule is CC1(O)CCN(C(=O)C(C(N)=S)c2ccccc2)CC1. The van der Waals surface area contributed by atoms with Crippen LogP contribution in [0.5, 0.6) is 0 Å². The predicted molar refractivity (Wildman–Crippen MR) is 82.4 cm³/mol. The fraction of sp³-hybridized carbons (Fsp3) is 0.467. The van der Waals surface area contributed by atoms with Crippen molar-refractivity contribution in [1.29, 1.82) is 0 Å². The Kier molecular flexibility index (Phi) is 4.40. The lowest BCUT2D eigenvalue weighted by Gasteiger charge is -2.37. The van der Waals surface area contributed by atoms with Gasteiger partial charge < -0.3 is 15.7 Å². The third-order valence-electron chi connectivity index (χ3n) is 3.82. The standard InChI is InChI=1S/C15H20N2O2S/c1-15(19)7-9-17(10-8-15)14(18)12(13(16)20)11-5-3-2-4-6-11/h2-6,12,19H,7-10H2,1H3,(H2,16,20). The van der Waals surface area contributed by atoms with E-state index in [0.29, 0.717) is 25.9 Å². The smallest absolute Gasteiger partial charge is 0.236 e.